The zero-order chi connectivity index (χ0) is 13.7. The molecule has 19 heavy (non-hydrogen) atoms. The Hall–Kier alpha value is -2.23. The molecule has 0 atom stereocenters. The van der Waals surface area contributed by atoms with Crippen LogP contribution in [0.15, 0.2) is 36.5 Å². The Balaban J connectivity index is 2.25. The summed E-state index contributed by atoms with van der Waals surface area (Å²) in [5.41, 5.74) is 7.58. The molecule has 0 aliphatic rings. The van der Waals surface area contributed by atoms with Crippen LogP contribution in [-0.4, -0.2) is 11.6 Å². The minimum absolute atomic E-state index is 0.438. The molecule has 1 aromatic heterocycles. The molecule has 0 spiro atoms. The summed E-state index contributed by atoms with van der Waals surface area (Å²) in [6.07, 6.45) is 2.60. The van der Waals surface area contributed by atoms with Crippen LogP contribution in [0.4, 0.5) is 5.69 Å². The number of rotatable bonds is 5. The maximum atomic E-state index is 5.99. The van der Waals surface area contributed by atoms with Gasteiger partial charge in [0.2, 0.25) is 0 Å². The highest BCUT2D eigenvalue weighted by Gasteiger charge is 2.10. The van der Waals surface area contributed by atoms with Crippen LogP contribution in [0, 0.1) is 6.92 Å². The molecule has 0 unspecified atom stereocenters. The van der Waals surface area contributed by atoms with Crippen molar-refractivity contribution in [1.29, 1.82) is 0 Å². The Labute approximate surface area is 113 Å². The van der Waals surface area contributed by atoms with Gasteiger partial charge in [0, 0.05) is 6.20 Å². The number of anilines is 1. The molecule has 0 amide bonds. The molecule has 100 valence electrons. The van der Waals surface area contributed by atoms with Crippen LogP contribution in [0.5, 0.6) is 17.4 Å². The van der Waals surface area contributed by atoms with Gasteiger partial charge < -0.3 is 15.2 Å². The summed E-state index contributed by atoms with van der Waals surface area (Å²) in [5, 5.41) is 0. The zero-order valence-electron chi connectivity index (χ0n) is 11.2. The molecular weight excluding hydrogens is 240 g/mol. The molecule has 0 aliphatic carbocycles. The van der Waals surface area contributed by atoms with Crippen molar-refractivity contribution in [1.82, 2.24) is 4.98 Å². The molecule has 4 nitrogen and oxygen atoms in total. The fourth-order valence-electron chi connectivity index (χ4n) is 1.62. The van der Waals surface area contributed by atoms with Gasteiger partial charge >= 0.3 is 0 Å². The Bertz CT molecular complexity index is 556. The van der Waals surface area contributed by atoms with Crippen molar-refractivity contribution in [3.63, 3.8) is 0 Å². The second-order valence-corrected chi connectivity index (χ2v) is 4.24. The average molecular weight is 258 g/mol. The minimum Gasteiger partial charge on any atom is -0.488 e. The summed E-state index contributed by atoms with van der Waals surface area (Å²) in [7, 11) is 0. The number of aryl methyl sites for hydroxylation is 1. The lowest BCUT2D eigenvalue weighted by atomic mass is 10.2. The summed E-state index contributed by atoms with van der Waals surface area (Å²) >= 11 is 0. The predicted molar refractivity (Wildman–Crippen MR) is 75.7 cm³/mol. The maximum absolute atomic E-state index is 5.99. The largest absolute Gasteiger partial charge is 0.488 e. The smallest absolute Gasteiger partial charge is 0.262 e. The van der Waals surface area contributed by atoms with Crippen molar-refractivity contribution in [3.05, 3.63) is 42.1 Å². The molecule has 2 N–H and O–H groups in total. The third-order valence-electron chi connectivity index (χ3n) is 2.69. The number of hydrogen-bond donors (Lipinski definition) is 1. The Morgan fingerprint density at radius 2 is 1.95 bits per heavy atom. The standard InChI is InChI=1S/C15H18N2O2/c1-3-10-18-13-8-5-9-17-15(13)19-12-7-4-6-11(2)14(12)16/h4-9H,3,10,16H2,1-2H3. The van der Waals surface area contributed by atoms with Gasteiger partial charge in [-0.25, -0.2) is 4.98 Å². The van der Waals surface area contributed by atoms with Crippen molar-refractivity contribution in [3.8, 4) is 17.4 Å². The van der Waals surface area contributed by atoms with Crippen molar-refractivity contribution < 1.29 is 9.47 Å². The van der Waals surface area contributed by atoms with E-state index in [1.54, 1.807) is 6.20 Å². The highest BCUT2D eigenvalue weighted by molar-refractivity contribution is 5.59. The molecule has 0 aliphatic heterocycles. The first-order valence-electron chi connectivity index (χ1n) is 6.33. The van der Waals surface area contributed by atoms with E-state index in [0.29, 0.717) is 29.7 Å². The molecule has 0 fully saturated rings. The van der Waals surface area contributed by atoms with Crippen LogP contribution in [-0.2, 0) is 0 Å². The van der Waals surface area contributed by atoms with Crippen molar-refractivity contribution >= 4 is 5.69 Å². The molecule has 2 aromatic rings. The minimum atomic E-state index is 0.438. The van der Waals surface area contributed by atoms with Crippen LogP contribution in [0.1, 0.15) is 18.9 Å². The Kier molecular flexibility index (Phi) is 4.23. The number of hydrogen-bond acceptors (Lipinski definition) is 4. The number of nitrogen functional groups attached to an aromatic ring is 1. The normalized spacial score (nSPS) is 10.2. The van der Waals surface area contributed by atoms with E-state index in [0.717, 1.165) is 12.0 Å². The SMILES string of the molecule is CCCOc1cccnc1Oc1cccc(C)c1N. The van der Waals surface area contributed by atoms with Crippen LogP contribution in [0.25, 0.3) is 0 Å². The van der Waals surface area contributed by atoms with E-state index >= 15 is 0 Å². The van der Waals surface area contributed by atoms with Gasteiger partial charge in [0.25, 0.3) is 5.88 Å². The maximum Gasteiger partial charge on any atom is 0.262 e. The van der Waals surface area contributed by atoms with Crippen molar-refractivity contribution in [2.45, 2.75) is 20.3 Å². The summed E-state index contributed by atoms with van der Waals surface area (Å²) in [5.74, 6) is 1.67. The first-order chi connectivity index (χ1) is 9.22. The van der Waals surface area contributed by atoms with E-state index in [9.17, 15) is 0 Å². The second kappa shape index (κ2) is 6.09. The zero-order valence-corrected chi connectivity index (χ0v) is 11.2. The van der Waals surface area contributed by atoms with E-state index < -0.39 is 0 Å². The van der Waals surface area contributed by atoms with Gasteiger partial charge in [0.1, 0.15) is 0 Å². The lowest BCUT2D eigenvalue weighted by Gasteiger charge is -2.12. The number of aromatic nitrogens is 1. The van der Waals surface area contributed by atoms with Gasteiger partial charge in [0.05, 0.1) is 12.3 Å². The number of para-hydroxylation sites is 1. The molecule has 0 radical (unpaired) electrons. The van der Waals surface area contributed by atoms with Gasteiger partial charge in [-0.05, 0) is 37.1 Å². The highest BCUT2D eigenvalue weighted by atomic mass is 16.5. The summed E-state index contributed by atoms with van der Waals surface area (Å²) in [6.45, 7) is 4.62. The third kappa shape index (κ3) is 3.16. The molecule has 0 bridgehead atoms. The molecule has 4 heteroatoms. The lowest BCUT2D eigenvalue weighted by molar-refractivity contribution is 0.298. The molecule has 0 saturated carbocycles. The molecule has 0 saturated heterocycles. The van der Waals surface area contributed by atoms with Gasteiger partial charge in [-0.1, -0.05) is 19.1 Å². The fraction of sp³-hybridized carbons (Fsp3) is 0.267. The van der Waals surface area contributed by atoms with Crippen LogP contribution in [0.2, 0.25) is 0 Å². The molecule has 1 heterocycles. The van der Waals surface area contributed by atoms with Crippen molar-refractivity contribution in [2.75, 3.05) is 12.3 Å². The van der Waals surface area contributed by atoms with Gasteiger partial charge in [0.15, 0.2) is 11.5 Å². The van der Waals surface area contributed by atoms with E-state index in [4.69, 9.17) is 15.2 Å². The van der Waals surface area contributed by atoms with E-state index in [1.807, 2.05) is 37.3 Å². The van der Waals surface area contributed by atoms with E-state index in [-0.39, 0.29) is 0 Å². The van der Waals surface area contributed by atoms with Crippen LogP contribution in [0.3, 0.4) is 0 Å². The van der Waals surface area contributed by atoms with Gasteiger partial charge in [-0.3, -0.25) is 0 Å². The number of pyridine rings is 1. The first kappa shape index (κ1) is 13.2. The molecule has 2 rings (SSSR count). The molecule has 1 aromatic carbocycles. The Morgan fingerprint density at radius 1 is 1.16 bits per heavy atom. The number of benzene rings is 1. The monoisotopic (exact) mass is 258 g/mol. The average Bonchev–Trinajstić information content (AvgIpc) is 2.43. The predicted octanol–water partition coefficient (Wildman–Crippen LogP) is 3.55. The Morgan fingerprint density at radius 3 is 2.74 bits per heavy atom. The van der Waals surface area contributed by atoms with Gasteiger partial charge in [-0.2, -0.15) is 0 Å². The second-order valence-electron chi connectivity index (χ2n) is 4.24. The first-order valence-corrected chi connectivity index (χ1v) is 6.33. The topological polar surface area (TPSA) is 57.4 Å². The number of nitrogens with zero attached hydrogens (tertiary/aromatic N) is 1. The lowest BCUT2D eigenvalue weighted by Crippen LogP contribution is -2.00. The quantitative estimate of drug-likeness (QED) is 0.833. The number of ether oxygens (including phenoxy) is 2. The number of nitrogens with two attached hydrogens (primary N) is 1. The van der Waals surface area contributed by atoms with E-state index in [1.165, 1.54) is 0 Å². The fourth-order valence-corrected chi connectivity index (χ4v) is 1.62. The van der Waals surface area contributed by atoms with E-state index in [2.05, 4.69) is 11.9 Å². The van der Waals surface area contributed by atoms with Crippen LogP contribution < -0.4 is 15.2 Å². The highest BCUT2D eigenvalue weighted by Crippen LogP contribution is 2.33. The van der Waals surface area contributed by atoms with Crippen LogP contribution >= 0.6 is 0 Å². The van der Waals surface area contributed by atoms with Gasteiger partial charge in [-0.15, -0.1) is 0 Å². The summed E-state index contributed by atoms with van der Waals surface area (Å²) in [6, 6.07) is 9.31. The molecular formula is C15H18N2O2. The summed E-state index contributed by atoms with van der Waals surface area (Å²) in [4.78, 5) is 4.19. The summed E-state index contributed by atoms with van der Waals surface area (Å²) < 4.78 is 11.4. The third-order valence-corrected chi connectivity index (χ3v) is 2.69. The van der Waals surface area contributed by atoms with Crippen molar-refractivity contribution in [2.24, 2.45) is 0 Å².